The summed E-state index contributed by atoms with van der Waals surface area (Å²) in [5.41, 5.74) is 0. The Morgan fingerprint density at radius 2 is 2.40 bits per heavy atom. The molecule has 1 aliphatic rings. The normalized spacial score (nSPS) is 26.7. The monoisotopic (exact) mass is 231 g/mol. The highest BCUT2D eigenvalue weighted by atomic mass is 32.2. The molecule has 6 heteroatoms. The fourth-order valence-corrected chi connectivity index (χ4v) is 3.51. The van der Waals surface area contributed by atoms with E-state index in [2.05, 4.69) is 4.98 Å². The molecule has 1 aromatic heterocycles. The van der Waals surface area contributed by atoms with Crippen molar-refractivity contribution in [3.63, 3.8) is 0 Å². The lowest BCUT2D eigenvalue weighted by atomic mass is 10.2. The maximum absolute atomic E-state index is 11.6. The van der Waals surface area contributed by atoms with Crippen LogP contribution >= 0.6 is 0 Å². The number of rotatable bonds is 2. The van der Waals surface area contributed by atoms with Crippen LogP contribution in [0.25, 0.3) is 0 Å². The second-order valence-electron chi connectivity index (χ2n) is 3.77. The minimum Gasteiger partial charge on any atom is -0.442 e. The summed E-state index contributed by atoms with van der Waals surface area (Å²) in [5.74, 6) is 0.722. The van der Waals surface area contributed by atoms with Gasteiger partial charge in [0.2, 0.25) is 5.89 Å². The molecule has 1 fully saturated rings. The number of hydrogen-bond donors (Lipinski definition) is 1. The van der Waals surface area contributed by atoms with Crippen LogP contribution in [-0.4, -0.2) is 24.3 Å². The van der Waals surface area contributed by atoms with Gasteiger partial charge in [-0.25, -0.2) is 13.4 Å². The highest BCUT2D eigenvalue weighted by molar-refractivity contribution is 7.91. The van der Waals surface area contributed by atoms with E-state index in [-0.39, 0.29) is 11.6 Å². The summed E-state index contributed by atoms with van der Waals surface area (Å²) in [6.07, 6.45) is 1.84. The second kappa shape index (κ2) is 3.61. The number of hydrogen-bond acceptors (Lipinski definition) is 5. The molecular weight excluding hydrogens is 218 g/mol. The molecule has 1 aliphatic heterocycles. The van der Waals surface area contributed by atoms with Gasteiger partial charge in [-0.1, -0.05) is 0 Å². The zero-order chi connectivity index (χ0) is 11.1. The van der Waals surface area contributed by atoms with Gasteiger partial charge in [0, 0.05) is 0 Å². The summed E-state index contributed by atoms with van der Waals surface area (Å²) < 4.78 is 28.4. The van der Waals surface area contributed by atoms with Gasteiger partial charge in [0.1, 0.15) is 11.4 Å². The van der Waals surface area contributed by atoms with Crippen molar-refractivity contribution in [2.45, 2.75) is 31.1 Å². The number of sulfone groups is 1. The number of nitrogens with zero attached hydrogens (tertiary/aromatic N) is 1. The predicted octanol–water partition coefficient (Wildman–Crippen LogP) is 0.978. The molecule has 84 valence electrons. The molecule has 5 nitrogen and oxygen atoms in total. The topological polar surface area (TPSA) is 80.4 Å². The lowest BCUT2D eigenvalue weighted by Crippen LogP contribution is -2.07. The van der Waals surface area contributed by atoms with Gasteiger partial charge in [0.05, 0.1) is 11.9 Å². The molecule has 2 unspecified atom stereocenters. The smallest absolute Gasteiger partial charge is 0.212 e. The molecule has 0 bridgehead atoms. The first-order valence-corrected chi connectivity index (χ1v) is 6.57. The van der Waals surface area contributed by atoms with Crippen LogP contribution in [0.4, 0.5) is 0 Å². The van der Waals surface area contributed by atoms with Crippen LogP contribution in [-0.2, 0) is 9.84 Å². The van der Waals surface area contributed by atoms with Crippen LogP contribution in [0.1, 0.15) is 42.8 Å². The van der Waals surface area contributed by atoms with Gasteiger partial charge in [-0.05, 0) is 19.8 Å². The Hall–Kier alpha value is -0.880. The van der Waals surface area contributed by atoms with Crippen LogP contribution < -0.4 is 0 Å². The van der Waals surface area contributed by atoms with E-state index < -0.39 is 21.2 Å². The van der Waals surface area contributed by atoms with Gasteiger partial charge in [0.25, 0.3) is 0 Å². The Kier molecular flexibility index (Phi) is 2.56. The van der Waals surface area contributed by atoms with Crippen LogP contribution in [0, 0.1) is 0 Å². The molecule has 1 saturated heterocycles. The van der Waals surface area contributed by atoms with Crippen LogP contribution in [0.2, 0.25) is 0 Å². The summed E-state index contributed by atoms with van der Waals surface area (Å²) in [5, 5.41) is 8.61. The number of aromatic nitrogens is 1. The third-order valence-corrected chi connectivity index (χ3v) is 4.72. The molecule has 0 aliphatic carbocycles. The predicted molar refractivity (Wildman–Crippen MR) is 52.9 cm³/mol. The van der Waals surface area contributed by atoms with E-state index in [0.717, 1.165) is 0 Å². The minimum absolute atomic E-state index is 0.198. The van der Waals surface area contributed by atoms with Crippen molar-refractivity contribution < 1.29 is 17.9 Å². The summed E-state index contributed by atoms with van der Waals surface area (Å²) in [7, 11) is -3.09. The fraction of sp³-hybridized carbons (Fsp3) is 0.667. The number of aliphatic hydroxyl groups is 1. The highest BCUT2D eigenvalue weighted by Gasteiger charge is 2.36. The molecule has 1 aromatic rings. The molecule has 0 amide bonds. The Bertz CT molecular complexity index is 448. The third kappa shape index (κ3) is 1.91. The van der Waals surface area contributed by atoms with Gasteiger partial charge in [0.15, 0.2) is 15.6 Å². The first kappa shape index (κ1) is 10.6. The molecular formula is C9H13NO4S. The number of aliphatic hydroxyl groups excluding tert-OH is 1. The summed E-state index contributed by atoms with van der Waals surface area (Å²) >= 11 is 0. The first-order valence-electron chi connectivity index (χ1n) is 4.86. The van der Waals surface area contributed by atoms with Crippen LogP contribution in [0.3, 0.4) is 0 Å². The molecule has 2 heterocycles. The summed E-state index contributed by atoms with van der Waals surface area (Å²) in [6.45, 7) is 1.55. The summed E-state index contributed by atoms with van der Waals surface area (Å²) in [4.78, 5) is 3.91. The Labute approximate surface area is 88.0 Å². The highest BCUT2D eigenvalue weighted by Crippen LogP contribution is 2.34. The zero-order valence-corrected chi connectivity index (χ0v) is 9.20. The first-order chi connectivity index (χ1) is 7.00. The van der Waals surface area contributed by atoms with E-state index in [1.165, 1.54) is 6.20 Å². The Balaban J connectivity index is 2.30. The van der Waals surface area contributed by atoms with E-state index in [9.17, 15) is 13.5 Å². The molecule has 0 aromatic carbocycles. The van der Waals surface area contributed by atoms with Crippen LogP contribution in [0.15, 0.2) is 10.6 Å². The van der Waals surface area contributed by atoms with Crippen LogP contribution in [0.5, 0.6) is 0 Å². The minimum atomic E-state index is -3.09. The van der Waals surface area contributed by atoms with Crippen molar-refractivity contribution in [3.05, 3.63) is 17.8 Å². The maximum Gasteiger partial charge on any atom is 0.212 e. The Morgan fingerprint density at radius 1 is 1.67 bits per heavy atom. The number of oxazole rings is 1. The SMILES string of the molecule is CC(O)c1cnc(C2CCCS2(=O)=O)o1. The lowest BCUT2D eigenvalue weighted by Gasteiger charge is -2.03. The van der Waals surface area contributed by atoms with Gasteiger partial charge in [-0.3, -0.25) is 0 Å². The van der Waals surface area contributed by atoms with Crippen molar-refractivity contribution in [3.8, 4) is 0 Å². The Morgan fingerprint density at radius 3 is 2.87 bits per heavy atom. The van der Waals surface area contributed by atoms with Crippen molar-refractivity contribution in [1.29, 1.82) is 0 Å². The van der Waals surface area contributed by atoms with E-state index in [1.807, 2.05) is 0 Å². The van der Waals surface area contributed by atoms with Crippen molar-refractivity contribution in [1.82, 2.24) is 4.98 Å². The summed E-state index contributed by atoms with van der Waals surface area (Å²) in [6, 6.07) is 0. The van der Waals surface area contributed by atoms with Crippen molar-refractivity contribution in [2.75, 3.05) is 5.75 Å². The molecule has 2 atom stereocenters. The van der Waals surface area contributed by atoms with Crippen molar-refractivity contribution >= 4 is 9.84 Å². The largest absolute Gasteiger partial charge is 0.442 e. The van der Waals surface area contributed by atoms with Gasteiger partial charge >= 0.3 is 0 Å². The maximum atomic E-state index is 11.6. The van der Waals surface area contributed by atoms with Crippen molar-refractivity contribution in [2.24, 2.45) is 0 Å². The van der Waals surface area contributed by atoms with Gasteiger partial charge in [-0.15, -0.1) is 0 Å². The molecule has 0 radical (unpaired) electrons. The molecule has 15 heavy (non-hydrogen) atoms. The quantitative estimate of drug-likeness (QED) is 0.820. The van der Waals surface area contributed by atoms with Gasteiger partial charge < -0.3 is 9.52 Å². The molecule has 1 N–H and O–H groups in total. The zero-order valence-electron chi connectivity index (χ0n) is 8.38. The average molecular weight is 231 g/mol. The van der Waals surface area contributed by atoms with E-state index >= 15 is 0 Å². The standard InChI is InChI=1S/C9H13NO4S/c1-6(11)7-5-10-9(14-7)8-3-2-4-15(8,12)13/h5-6,8,11H,2-4H2,1H3. The fourth-order valence-electron chi connectivity index (χ4n) is 1.71. The second-order valence-corrected chi connectivity index (χ2v) is 6.08. The van der Waals surface area contributed by atoms with E-state index in [1.54, 1.807) is 6.92 Å². The molecule has 0 spiro atoms. The lowest BCUT2D eigenvalue weighted by molar-refractivity contribution is 0.167. The van der Waals surface area contributed by atoms with E-state index in [4.69, 9.17) is 4.42 Å². The van der Waals surface area contributed by atoms with E-state index in [0.29, 0.717) is 18.6 Å². The molecule has 0 saturated carbocycles. The molecule has 2 rings (SSSR count). The van der Waals surface area contributed by atoms with Gasteiger partial charge in [-0.2, -0.15) is 0 Å². The average Bonchev–Trinajstić information content (AvgIpc) is 2.69. The third-order valence-electron chi connectivity index (χ3n) is 2.56.